The maximum Gasteiger partial charge on any atom is 0.338 e. The minimum atomic E-state index is -0.315. The molecule has 2 heterocycles. The van der Waals surface area contributed by atoms with Crippen molar-refractivity contribution >= 4 is 34.6 Å². The number of nitrogens with one attached hydrogen (secondary N) is 1. The maximum atomic E-state index is 12.1. The highest BCUT2D eigenvalue weighted by molar-refractivity contribution is 7.80. The van der Waals surface area contributed by atoms with Crippen molar-refractivity contribution in [2.24, 2.45) is 0 Å². The third-order valence-corrected chi connectivity index (χ3v) is 4.42. The molecule has 19 heavy (non-hydrogen) atoms. The van der Waals surface area contributed by atoms with Crippen LogP contribution in [0.5, 0.6) is 0 Å². The highest BCUT2D eigenvalue weighted by atomic mass is 32.1. The number of rotatable bonds is 3. The van der Waals surface area contributed by atoms with Crippen LogP contribution in [0.25, 0.3) is 0 Å². The first kappa shape index (κ1) is 14.0. The minimum absolute atomic E-state index is 0.220. The van der Waals surface area contributed by atoms with Gasteiger partial charge in [-0.3, -0.25) is 0 Å². The van der Waals surface area contributed by atoms with Gasteiger partial charge in [0.05, 0.1) is 18.7 Å². The standard InChI is InChI=1S/C13H16N2O2S2/c1-4-15-8(2)10(12(16)17-3)11(14-13(15)18)9-6-5-7-19-9/h5-7,11H,4H2,1-3H3,(H,14,18)/t11-/m0/s1. The number of carbonyl (C=O) groups excluding carboxylic acids is 1. The fourth-order valence-electron chi connectivity index (χ4n) is 2.21. The first-order valence-corrected chi connectivity index (χ1v) is 7.29. The molecule has 0 bridgehead atoms. The van der Waals surface area contributed by atoms with Crippen molar-refractivity contribution in [3.8, 4) is 0 Å². The molecular weight excluding hydrogens is 280 g/mol. The number of thiocarbonyl (C=S) groups is 1. The molecule has 0 radical (unpaired) electrons. The number of carbonyl (C=O) groups is 1. The molecule has 4 nitrogen and oxygen atoms in total. The molecule has 2 rings (SSSR count). The third-order valence-electron chi connectivity index (χ3n) is 3.15. The molecule has 1 aliphatic heterocycles. The zero-order chi connectivity index (χ0) is 14.0. The maximum absolute atomic E-state index is 12.1. The van der Waals surface area contributed by atoms with Crippen LogP contribution in [0.15, 0.2) is 28.8 Å². The average molecular weight is 296 g/mol. The summed E-state index contributed by atoms with van der Waals surface area (Å²) in [5.74, 6) is -0.315. The second-order valence-corrected chi connectivity index (χ2v) is 5.50. The van der Waals surface area contributed by atoms with E-state index in [1.54, 1.807) is 11.3 Å². The van der Waals surface area contributed by atoms with E-state index >= 15 is 0 Å². The number of hydrogen-bond acceptors (Lipinski definition) is 4. The highest BCUT2D eigenvalue weighted by Crippen LogP contribution is 2.33. The lowest BCUT2D eigenvalue weighted by atomic mass is 10.0. The van der Waals surface area contributed by atoms with Gasteiger partial charge in [-0.25, -0.2) is 4.79 Å². The molecule has 0 saturated carbocycles. The van der Waals surface area contributed by atoms with Crippen LogP contribution in [0.1, 0.15) is 24.8 Å². The Balaban J connectivity index is 2.51. The van der Waals surface area contributed by atoms with Crippen molar-refractivity contribution in [2.75, 3.05) is 13.7 Å². The molecule has 0 aromatic carbocycles. The van der Waals surface area contributed by atoms with Gasteiger partial charge in [-0.2, -0.15) is 0 Å². The largest absolute Gasteiger partial charge is 0.466 e. The van der Waals surface area contributed by atoms with E-state index in [4.69, 9.17) is 17.0 Å². The molecule has 0 spiro atoms. The lowest BCUT2D eigenvalue weighted by Gasteiger charge is -2.36. The Hall–Kier alpha value is -1.40. The quantitative estimate of drug-likeness (QED) is 0.685. The Bertz CT molecular complexity index is 523. The second kappa shape index (κ2) is 5.71. The van der Waals surface area contributed by atoms with E-state index in [1.807, 2.05) is 36.3 Å². The smallest absolute Gasteiger partial charge is 0.338 e. The Morgan fingerprint density at radius 1 is 1.63 bits per heavy atom. The van der Waals surface area contributed by atoms with E-state index in [0.717, 1.165) is 17.1 Å². The van der Waals surface area contributed by atoms with E-state index in [9.17, 15) is 4.79 Å². The van der Waals surface area contributed by atoms with Gasteiger partial charge in [0, 0.05) is 17.1 Å². The van der Waals surface area contributed by atoms with Gasteiger partial charge >= 0.3 is 5.97 Å². The number of ether oxygens (including phenoxy) is 1. The van der Waals surface area contributed by atoms with Gasteiger partial charge in [0.2, 0.25) is 0 Å². The van der Waals surface area contributed by atoms with Crippen LogP contribution < -0.4 is 5.32 Å². The summed E-state index contributed by atoms with van der Waals surface area (Å²) in [5.41, 5.74) is 1.48. The first-order chi connectivity index (χ1) is 9.10. The summed E-state index contributed by atoms with van der Waals surface area (Å²) in [6.07, 6.45) is 0. The van der Waals surface area contributed by atoms with Gasteiger partial charge in [0.25, 0.3) is 0 Å². The molecule has 1 aliphatic rings. The van der Waals surface area contributed by atoms with Crippen molar-refractivity contribution in [2.45, 2.75) is 19.9 Å². The van der Waals surface area contributed by atoms with Gasteiger partial charge < -0.3 is 15.0 Å². The number of methoxy groups -OCH3 is 1. The van der Waals surface area contributed by atoms with Gasteiger partial charge in [-0.05, 0) is 37.5 Å². The molecule has 0 amide bonds. The minimum Gasteiger partial charge on any atom is -0.466 e. The summed E-state index contributed by atoms with van der Waals surface area (Å²) < 4.78 is 4.91. The molecule has 1 atom stereocenters. The lowest BCUT2D eigenvalue weighted by molar-refractivity contribution is -0.136. The van der Waals surface area contributed by atoms with Gasteiger partial charge in [0.15, 0.2) is 5.11 Å². The molecule has 1 N–H and O–H groups in total. The monoisotopic (exact) mass is 296 g/mol. The average Bonchev–Trinajstić information content (AvgIpc) is 2.91. The van der Waals surface area contributed by atoms with Crippen LogP contribution in [0.3, 0.4) is 0 Å². The van der Waals surface area contributed by atoms with Crippen molar-refractivity contribution in [3.05, 3.63) is 33.7 Å². The fourth-order valence-corrected chi connectivity index (χ4v) is 3.37. The Kier molecular flexibility index (Phi) is 4.21. The zero-order valence-electron chi connectivity index (χ0n) is 11.1. The summed E-state index contributed by atoms with van der Waals surface area (Å²) >= 11 is 6.95. The predicted octanol–water partition coefficient (Wildman–Crippen LogP) is 2.45. The van der Waals surface area contributed by atoms with Crippen LogP contribution >= 0.6 is 23.6 Å². The highest BCUT2D eigenvalue weighted by Gasteiger charge is 2.34. The summed E-state index contributed by atoms with van der Waals surface area (Å²) in [6.45, 7) is 4.62. The van der Waals surface area contributed by atoms with Crippen LogP contribution in [-0.2, 0) is 9.53 Å². The summed E-state index contributed by atoms with van der Waals surface area (Å²) in [6, 6.07) is 3.73. The Labute approximate surface area is 122 Å². The SMILES string of the molecule is CCN1C(=S)N[C@@H](c2cccs2)C(C(=O)OC)=C1C. The molecule has 0 unspecified atom stereocenters. The molecule has 6 heteroatoms. The number of thiophene rings is 1. The molecule has 102 valence electrons. The number of nitrogens with zero attached hydrogens (tertiary/aromatic N) is 1. The van der Waals surface area contributed by atoms with E-state index < -0.39 is 0 Å². The Morgan fingerprint density at radius 3 is 2.89 bits per heavy atom. The summed E-state index contributed by atoms with van der Waals surface area (Å²) in [4.78, 5) is 15.0. The fraction of sp³-hybridized carbons (Fsp3) is 0.385. The van der Waals surface area contributed by atoms with Crippen LogP contribution in [-0.4, -0.2) is 29.6 Å². The first-order valence-electron chi connectivity index (χ1n) is 6.00. The zero-order valence-corrected chi connectivity index (χ0v) is 12.7. The van der Waals surface area contributed by atoms with Crippen molar-refractivity contribution in [1.29, 1.82) is 0 Å². The lowest BCUT2D eigenvalue weighted by Crippen LogP contribution is -2.47. The summed E-state index contributed by atoms with van der Waals surface area (Å²) in [5, 5.41) is 5.85. The van der Waals surface area contributed by atoms with E-state index in [2.05, 4.69) is 5.32 Å². The molecule has 1 aromatic heterocycles. The van der Waals surface area contributed by atoms with Gasteiger partial charge in [-0.15, -0.1) is 11.3 Å². The number of hydrogen-bond donors (Lipinski definition) is 1. The van der Waals surface area contributed by atoms with Crippen LogP contribution in [0.4, 0.5) is 0 Å². The predicted molar refractivity (Wildman–Crippen MR) is 79.9 cm³/mol. The van der Waals surface area contributed by atoms with Crippen LogP contribution in [0.2, 0.25) is 0 Å². The van der Waals surface area contributed by atoms with Gasteiger partial charge in [-0.1, -0.05) is 6.07 Å². The van der Waals surface area contributed by atoms with Crippen molar-refractivity contribution in [3.63, 3.8) is 0 Å². The molecule has 1 aromatic rings. The molecule has 0 fully saturated rings. The molecular formula is C13H16N2O2S2. The third kappa shape index (κ3) is 2.50. The molecule has 0 aliphatic carbocycles. The normalized spacial score (nSPS) is 19.4. The summed E-state index contributed by atoms with van der Waals surface area (Å²) in [7, 11) is 1.40. The number of esters is 1. The van der Waals surface area contributed by atoms with Gasteiger partial charge in [0.1, 0.15) is 0 Å². The second-order valence-electron chi connectivity index (χ2n) is 4.13. The van der Waals surface area contributed by atoms with Crippen molar-refractivity contribution < 1.29 is 9.53 Å². The number of allylic oxidation sites excluding steroid dienone is 1. The Morgan fingerprint density at radius 2 is 2.37 bits per heavy atom. The van der Waals surface area contributed by atoms with Crippen LogP contribution in [0, 0.1) is 0 Å². The van der Waals surface area contributed by atoms with E-state index in [-0.39, 0.29) is 12.0 Å². The van der Waals surface area contributed by atoms with Crippen molar-refractivity contribution in [1.82, 2.24) is 10.2 Å². The van der Waals surface area contributed by atoms with E-state index in [1.165, 1.54) is 7.11 Å². The van der Waals surface area contributed by atoms with E-state index in [0.29, 0.717) is 10.7 Å². The topological polar surface area (TPSA) is 41.6 Å². The molecule has 0 saturated heterocycles.